The maximum Gasteiger partial charge on any atom is 0.417 e. The topological polar surface area (TPSA) is 93.2 Å². The van der Waals surface area contributed by atoms with E-state index >= 15 is 0 Å². The van der Waals surface area contributed by atoms with E-state index in [0.29, 0.717) is 42.4 Å². The Hall–Kier alpha value is -3.69. The van der Waals surface area contributed by atoms with Crippen LogP contribution in [0.15, 0.2) is 48.7 Å². The van der Waals surface area contributed by atoms with Crippen molar-refractivity contribution in [1.82, 2.24) is 20.6 Å². The Bertz CT molecular complexity index is 1130. The van der Waals surface area contributed by atoms with Gasteiger partial charge < -0.3 is 15.4 Å². The van der Waals surface area contributed by atoms with Gasteiger partial charge in [-0.05, 0) is 30.3 Å². The van der Waals surface area contributed by atoms with Gasteiger partial charge >= 0.3 is 6.18 Å². The molecule has 31 heavy (non-hydrogen) atoms. The van der Waals surface area contributed by atoms with Crippen molar-refractivity contribution in [3.8, 4) is 11.6 Å². The molecule has 10 heteroatoms. The molecule has 1 aromatic carbocycles. The number of carbonyl (C=O) groups excluding carboxylic acids is 2. The molecule has 0 radical (unpaired) electrons. The van der Waals surface area contributed by atoms with Crippen LogP contribution in [0.4, 0.5) is 13.2 Å². The summed E-state index contributed by atoms with van der Waals surface area (Å²) in [4.78, 5) is 31.6. The molecule has 160 valence electrons. The van der Waals surface area contributed by atoms with Crippen molar-refractivity contribution in [2.45, 2.75) is 12.6 Å². The summed E-state index contributed by atoms with van der Waals surface area (Å²) in [6, 6.07) is 10.2. The van der Waals surface area contributed by atoms with E-state index in [1.165, 1.54) is 0 Å². The van der Waals surface area contributed by atoms with Crippen molar-refractivity contribution in [2.75, 3.05) is 13.1 Å². The van der Waals surface area contributed by atoms with Gasteiger partial charge in [-0.15, -0.1) is 0 Å². The Labute approximate surface area is 174 Å². The number of hydrogen-bond donors (Lipinski definition) is 2. The minimum atomic E-state index is -4.46. The van der Waals surface area contributed by atoms with Gasteiger partial charge in [0.15, 0.2) is 0 Å². The summed E-state index contributed by atoms with van der Waals surface area (Å²) >= 11 is 0. The lowest BCUT2D eigenvalue weighted by atomic mass is 10.1. The van der Waals surface area contributed by atoms with E-state index in [9.17, 15) is 22.8 Å². The van der Waals surface area contributed by atoms with Crippen molar-refractivity contribution >= 4 is 22.7 Å². The average Bonchev–Trinajstić information content (AvgIpc) is 3.16. The normalized spacial score (nSPS) is 16.2. The Morgan fingerprint density at radius 2 is 2.03 bits per heavy atom. The van der Waals surface area contributed by atoms with Crippen LogP contribution in [0, 0.1) is 5.92 Å². The van der Waals surface area contributed by atoms with E-state index in [1.807, 2.05) is 0 Å². The summed E-state index contributed by atoms with van der Waals surface area (Å²) in [6.45, 7) is 0.922. The highest BCUT2D eigenvalue weighted by Crippen LogP contribution is 2.30. The number of pyridine rings is 2. The van der Waals surface area contributed by atoms with Crippen LogP contribution < -0.4 is 15.4 Å². The van der Waals surface area contributed by atoms with Gasteiger partial charge in [-0.2, -0.15) is 13.2 Å². The van der Waals surface area contributed by atoms with E-state index in [4.69, 9.17) is 4.74 Å². The quantitative estimate of drug-likeness (QED) is 0.648. The lowest BCUT2D eigenvalue weighted by Crippen LogP contribution is -2.30. The van der Waals surface area contributed by atoms with Gasteiger partial charge in [0, 0.05) is 43.1 Å². The minimum Gasteiger partial charge on any atom is -0.439 e. The van der Waals surface area contributed by atoms with Crippen molar-refractivity contribution < 1.29 is 27.5 Å². The number of benzene rings is 1. The minimum absolute atomic E-state index is 0.0207. The van der Waals surface area contributed by atoms with Gasteiger partial charge in [0.1, 0.15) is 11.4 Å². The summed E-state index contributed by atoms with van der Waals surface area (Å²) in [5, 5.41) is 6.18. The number of amides is 2. The molecule has 2 amide bonds. The van der Waals surface area contributed by atoms with E-state index < -0.39 is 11.7 Å². The summed E-state index contributed by atoms with van der Waals surface area (Å²) in [5.41, 5.74) is -0.0647. The van der Waals surface area contributed by atoms with E-state index in [1.54, 1.807) is 30.3 Å². The molecule has 1 aliphatic rings. The third kappa shape index (κ3) is 4.90. The smallest absolute Gasteiger partial charge is 0.417 e. The van der Waals surface area contributed by atoms with Crippen molar-refractivity contribution in [2.24, 2.45) is 5.92 Å². The van der Waals surface area contributed by atoms with Crippen LogP contribution >= 0.6 is 0 Å². The average molecular weight is 430 g/mol. The molecular weight excluding hydrogens is 413 g/mol. The summed E-state index contributed by atoms with van der Waals surface area (Å²) in [6.07, 6.45) is -3.36. The van der Waals surface area contributed by atoms with Gasteiger partial charge in [-0.25, -0.2) is 9.97 Å². The number of nitrogens with zero attached hydrogens (tertiary/aromatic N) is 2. The molecule has 0 spiro atoms. The second-order valence-electron chi connectivity index (χ2n) is 7.12. The number of halogens is 3. The zero-order chi connectivity index (χ0) is 22.0. The van der Waals surface area contributed by atoms with Crippen molar-refractivity contribution in [1.29, 1.82) is 0 Å². The number of aromatic nitrogens is 2. The van der Waals surface area contributed by atoms with Crippen molar-refractivity contribution in [3.05, 3.63) is 59.9 Å². The Kier molecular flexibility index (Phi) is 5.45. The predicted molar refractivity (Wildman–Crippen MR) is 105 cm³/mol. The maximum absolute atomic E-state index is 12.6. The van der Waals surface area contributed by atoms with Crippen molar-refractivity contribution in [3.63, 3.8) is 0 Å². The Balaban J connectivity index is 1.43. The predicted octanol–water partition coefficient (Wildman–Crippen LogP) is 3.31. The highest BCUT2D eigenvalue weighted by atomic mass is 19.4. The molecule has 0 saturated carbocycles. The summed E-state index contributed by atoms with van der Waals surface area (Å²) in [7, 11) is 0. The molecule has 0 aliphatic carbocycles. The summed E-state index contributed by atoms with van der Waals surface area (Å²) < 4.78 is 43.4. The van der Waals surface area contributed by atoms with Crippen LogP contribution in [-0.4, -0.2) is 34.9 Å². The fraction of sp³-hybridized carbons (Fsp3) is 0.238. The molecule has 1 atom stereocenters. The molecule has 2 N–H and O–H groups in total. The standard InChI is InChI=1S/C21H17F3N4O3/c22-21(23,24)14-2-6-19(26-11-14)31-15-3-5-16-13(8-15)1-4-17(28-16)20(30)27-10-12-7-18(29)25-9-12/h1-6,8,11-12H,7,9-10H2,(H,25,29)(H,27,30). The highest BCUT2D eigenvalue weighted by Gasteiger charge is 2.30. The number of alkyl halides is 3. The van der Waals surface area contributed by atoms with Crippen LogP contribution in [0.25, 0.3) is 10.9 Å². The van der Waals surface area contributed by atoms with E-state index in [2.05, 4.69) is 20.6 Å². The number of rotatable bonds is 5. The molecule has 1 fully saturated rings. The summed E-state index contributed by atoms with van der Waals surface area (Å²) in [5.74, 6) is 0.104. The molecular formula is C21H17F3N4O3. The first-order valence-electron chi connectivity index (χ1n) is 9.45. The first-order chi connectivity index (χ1) is 14.8. The third-order valence-corrected chi connectivity index (χ3v) is 4.79. The van der Waals surface area contributed by atoms with Crippen LogP contribution in [0.5, 0.6) is 11.6 Å². The Morgan fingerprint density at radius 3 is 2.71 bits per heavy atom. The van der Waals surface area contributed by atoms with Crippen LogP contribution in [0.1, 0.15) is 22.5 Å². The monoisotopic (exact) mass is 430 g/mol. The van der Waals surface area contributed by atoms with Gasteiger partial charge in [-0.3, -0.25) is 9.59 Å². The molecule has 3 aromatic rings. The molecule has 4 rings (SSSR count). The number of carbonyl (C=O) groups is 2. The molecule has 3 heterocycles. The molecule has 1 unspecified atom stereocenters. The van der Waals surface area contributed by atoms with E-state index in [0.717, 1.165) is 12.1 Å². The zero-order valence-corrected chi connectivity index (χ0v) is 16.1. The highest BCUT2D eigenvalue weighted by molar-refractivity contribution is 5.95. The second kappa shape index (κ2) is 8.21. The van der Waals surface area contributed by atoms with E-state index in [-0.39, 0.29) is 29.3 Å². The van der Waals surface area contributed by atoms with Crippen LogP contribution in [-0.2, 0) is 11.0 Å². The molecule has 1 saturated heterocycles. The first-order valence-corrected chi connectivity index (χ1v) is 9.45. The van der Waals surface area contributed by atoms with Gasteiger partial charge in [-0.1, -0.05) is 6.07 Å². The Morgan fingerprint density at radius 1 is 1.19 bits per heavy atom. The SMILES string of the molecule is O=C1CC(CNC(=O)c2ccc3cc(Oc4ccc(C(F)(F)F)cn4)ccc3n2)CN1. The first kappa shape index (κ1) is 20.6. The lowest BCUT2D eigenvalue weighted by molar-refractivity contribution is -0.137. The van der Waals surface area contributed by atoms with Gasteiger partial charge in [0.05, 0.1) is 11.1 Å². The largest absolute Gasteiger partial charge is 0.439 e. The number of hydrogen-bond acceptors (Lipinski definition) is 5. The van der Waals surface area contributed by atoms with Gasteiger partial charge in [0.25, 0.3) is 5.91 Å². The maximum atomic E-state index is 12.6. The molecule has 2 aromatic heterocycles. The molecule has 0 bridgehead atoms. The second-order valence-corrected chi connectivity index (χ2v) is 7.12. The number of fused-ring (bicyclic) bond motifs is 1. The number of ether oxygens (including phenoxy) is 1. The third-order valence-electron chi connectivity index (χ3n) is 4.79. The molecule has 7 nitrogen and oxygen atoms in total. The fourth-order valence-corrected chi connectivity index (χ4v) is 3.16. The lowest BCUT2D eigenvalue weighted by Gasteiger charge is -2.10. The molecule has 1 aliphatic heterocycles. The zero-order valence-electron chi connectivity index (χ0n) is 16.1. The van der Waals surface area contributed by atoms with Crippen LogP contribution in [0.3, 0.4) is 0 Å². The van der Waals surface area contributed by atoms with Gasteiger partial charge in [0.2, 0.25) is 11.8 Å². The van der Waals surface area contributed by atoms with Crippen LogP contribution in [0.2, 0.25) is 0 Å². The number of nitrogens with one attached hydrogen (secondary N) is 2. The fourth-order valence-electron chi connectivity index (χ4n) is 3.16.